The van der Waals surface area contributed by atoms with E-state index in [1.807, 2.05) is 19.1 Å². The van der Waals surface area contributed by atoms with Crippen LogP contribution in [0.3, 0.4) is 0 Å². The zero-order valence-corrected chi connectivity index (χ0v) is 11.1. The summed E-state index contributed by atoms with van der Waals surface area (Å²) in [5, 5.41) is 10.1. The van der Waals surface area contributed by atoms with Crippen molar-refractivity contribution in [3.63, 3.8) is 0 Å². The first-order chi connectivity index (χ1) is 9.19. The lowest BCUT2D eigenvalue weighted by atomic mass is 10.2. The molecule has 2 rings (SSSR count). The van der Waals surface area contributed by atoms with Crippen molar-refractivity contribution in [2.75, 3.05) is 11.9 Å². The van der Waals surface area contributed by atoms with Gasteiger partial charge < -0.3 is 10.6 Å². The molecule has 0 unspecified atom stereocenters. The second-order valence-electron chi connectivity index (χ2n) is 4.12. The summed E-state index contributed by atoms with van der Waals surface area (Å²) in [5.41, 5.74) is 1.63. The molecule has 2 N–H and O–H groups in total. The number of aromatic nitrogens is 3. The van der Waals surface area contributed by atoms with Crippen molar-refractivity contribution in [2.45, 2.75) is 13.5 Å². The molecule has 0 aliphatic rings. The van der Waals surface area contributed by atoms with Crippen molar-refractivity contribution >= 4 is 11.6 Å². The number of rotatable bonds is 5. The third kappa shape index (κ3) is 3.54. The minimum Gasteiger partial charge on any atom is -0.385 e. The van der Waals surface area contributed by atoms with E-state index < -0.39 is 0 Å². The standard InChI is InChI=1S/C13H17N5O/c1-3-14-11-6-4-10(5-7-11)13(19)15-8-12-16-9-18(2)17-12/h4-7,9,14H,3,8H2,1-2H3,(H,15,19). The molecule has 0 saturated heterocycles. The maximum absolute atomic E-state index is 11.9. The van der Waals surface area contributed by atoms with E-state index in [-0.39, 0.29) is 5.91 Å². The summed E-state index contributed by atoms with van der Waals surface area (Å²) < 4.78 is 1.60. The predicted molar refractivity (Wildman–Crippen MR) is 72.8 cm³/mol. The van der Waals surface area contributed by atoms with Crippen LogP contribution in [0.4, 0.5) is 5.69 Å². The summed E-state index contributed by atoms with van der Waals surface area (Å²) >= 11 is 0. The summed E-state index contributed by atoms with van der Waals surface area (Å²) in [6.07, 6.45) is 1.60. The van der Waals surface area contributed by atoms with Crippen LogP contribution in [0.2, 0.25) is 0 Å². The van der Waals surface area contributed by atoms with Gasteiger partial charge in [-0.2, -0.15) is 5.10 Å². The minimum absolute atomic E-state index is 0.129. The van der Waals surface area contributed by atoms with Crippen molar-refractivity contribution < 1.29 is 4.79 Å². The Hall–Kier alpha value is -2.37. The predicted octanol–water partition coefficient (Wildman–Crippen LogP) is 1.18. The van der Waals surface area contributed by atoms with Crippen LogP contribution >= 0.6 is 0 Å². The largest absolute Gasteiger partial charge is 0.385 e. The Morgan fingerprint density at radius 1 is 1.32 bits per heavy atom. The molecule has 0 spiro atoms. The molecule has 0 aliphatic carbocycles. The number of benzene rings is 1. The van der Waals surface area contributed by atoms with Crippen molar-refractivity contribution in [1.82, 2.24) is 20.1 Å². The van der Waals surface area contributed by atoms with Gasteiger partial charge in [-0.15, -0.1) is 0 Å². The lowest BCUT2D eigenvalue weighted by Crippen LogP contribution is -2.23. The summed E-state index contributed by atoms with van der Waals surface area (Å²) in [4.78, 5) is 15.9. The number of hydrogen-bond acceptors (Lipinski definition) is 4. The third-order valence-electron chi connectivity index (χ3n) is 2.58. The minimum atomic E-state index is -0.129. The van der Waals surface area contributed by atoms with E-state index in [1.54, 1.807) is 30.2 Å². The van der Waals surface area contributed by atoms with Gasteiger partial charge in [0.05, 0.1) is 6.54 Å². The Kier molecular flexibility index (Phi) is 4.12. The zero-order valence-electron chi connectivity index (χ0n) is 11.1. The van der Waals surface area contributed by atoms with Gasteiger partial charge in [-0.05, 0) is 31.2 Å². The number of hydrogen-bond donors (Lipinski definition) is 2. The lowest BCUT2D eigenvalue weighted by Gasteiger charge is -2.05. The Morgan fingerprint density at radius 2 is 2.05 bits per heavy atom. The van der Waals surface area contributed by atoms with E-state index in [4.69, 9.17) is 0 Å². The molecule has 0 fully saturated rings. The van der Waals surface area contributed by atoms with Gasteiger partial charge in [0.25, 0.3) is 5.91 Å². The Labute approximate surface area is 111 Å². The third-order valence-corrected chi connectivity index (χ3v) is 2.58. The first-order valence-electron chi connectivity index (χ1n) is 6.15. The SMILES string of the molecule is CCNc1ccc(C(=O)NCc2ncn(C)n2)cc1. The van der Waals surface area contributed by atoms with Crippen LogP contribution in [-0.4, -0.2) is 27.2 Å². The van der Waals surface area contributed by atoms with Gasteiger partial charge in [-0.25, -0.2) is 4.98 Å². The molecule has 0 radical (unpaired) electrons. The summed E-state index contributed by atoms with van der Waals surface area (Å²) in [5.74, 6) is 0.468. The molecule has 0 atom stereocenters. The quantitative estimate of drug-likeness (QED) is 0.845. The highest BCUT2D eigenvalue weighted by Gasteiger charge is 2.06. The van der Waals surface area contributed by atoms with Gasteiger partial charge in [0.1, 0.15) is 6.33 Å². The molecule has 6 nitrogen and oxygen atoms in total. The molecule has 1 heterocycles. The second-order valence-corrected chi connectivity index (χ2v) is 4.12. The van der Waals surface area contributed by atoms with E-state index in [0.717, 1.165) is 12.2 Å². The molecular formula is C13H17N5O. The van der Waals surface area contributed by atoms with Gasteiger partial charge in [0, 0.05) is 24.8 Å². The fourth-order valence-electron chi connectivity index (χ4n) is 1.67. The Balaban J connectivity index is 1.92. The molecule has 6 heteroatoms. The Bertz CT molecular complexity index is 546. The number of carbonyl (C=O) groups is 1. The van der Waals surface area contributed by atoms with E-state index in [0.29, 0.717) is 17.9 Å². The van der Waals surface area contributed by atoms with Gasteiger partial charge in [-0.1, -0.05) is 0 Å². The van der Waals surface area contributed by atoms with Crippen molar-refractivity contribution in [3.8, 4) is 0 Å². The van der Waals surface area contributed by atoms with Crippen molar-refractivity contribution in [3.05, 3.63) is 42.0 Å². The number of carbonyl (C=O) groups excluding carboxylic acids is 1. The monoisotopic (exact) mass is 259 g/mol. The van der Waals surface area contributed by atoms with E-state index in [2.05, 4.69) is 20.7 Å². The van der Waals surface area contributed by atoms with Crippen LogP contribution in [-0.2, 0) is 13.6 Å². The summed E-state index contributed by atoms with van der Waals surface area (Å²) in [6.45, 7) is 3.21. The fraction of sp³-hybridized carbons (Fsp3) is 0.308. The summed E-state index contributed by atoms with van der Waals surface area (Å²) in [7, 11) is 1.79. The molecular weight excluding hydrogens is 242 g/mol. The first kappa shape index (κ1) is 13.1. The van der Waals surface area contributed by atoms with Crippen molar-refractivity contribution in [2.24, 2.45) is 7.05 Å². The molecule has 100 valence electrons. The molecule has 0 bridgehead atoms. The molecule has 1 amide bonds. The van der Waals surface area contributed by atoms with E-state index in [9.17, 15) is 4.79 Å². The van der Waals surface area contributed by atoms with Crippen LogP contribution in [0.25, 0.3) is 0 Å². The number of nitrogens with one attached hydrogen (secondary N) is 2. The van der Waals surface area contributed by atoms with Crippen LogP contribution in [0.15, 0.2) is 30.6 Å². The van der Waals surface area contributed by atoms with Crippen LogP contribution < -0.4 is 10.6 Å². The fourth-order valence-corrected chi connectivity index (χ4v) is 1.67. The lowest BCUT2D eigenvalue weighted by molar-refractivity contribution is 0.0950. The molecule has 19 heavy (non-hydrogen) atoms. The van der Waals surface area contributed by atoms with Crippen LogP contribution in [0.5, 0.6) is 0 Å². The highest BCUT2D eigenvalue weighted by atomic mass is 16.1. The molecule has 0 saturated carbocycles. The molecule has 1 aromatic carbocycles. The number of anilines is 1. The highest BCUT2D eigenvalue weighted by Crippen LogP contribution is 2.09. The maximum Gasteiger partial charge on any atom is 0.251 e. The molecule has 2 aromatic rings. The summed E-state index contributed by atoms with van der Waals surface area (Å²) in [6, 6.07) is 7.35. The topological polar surface area (TPSA) is 71.8 Å². The number of aryl methyl sites for hydroxylation is 1. The molecule has 0 aliphatic heterocycles. The zero-order chi connectivity index (χ0) is 13.7. The smallest absolute Gasteiger partial charge is 0.251 e. The number of amides is 1. The normalized spacial score (nSPS) is 10.2. The second kappa shape index (κ2) is 5.99. The van der Waals surface area contributed by atoms with E-state index in [1.165, 1.54) is 0 Å². The van der Waals surface area contributed by atoms with Gasteiger partial charge >= 0.3 is 0 Å². The molecule has 1 aromatic heterocycles. The van der Waals surface area contributed by atoms with Crippen LogP contribution in [0.1, 0.15) is 23.1 Å². The maximum atomic E-state index is 11.9. The van der Waals surface area contributed by atoms with E-state index >= 15 is 0 Å². The van der Waals surface area contributed by atoms with Crippen LogP contribution in [0, 0.1) is 0 Å². The highest BCUT2D eigenvalue weighted by molar-refractivity contribution is 5.94. The van der Waals surface area contributed by atoms with Gasteiger partial charge in [0.2, 0.25) is 0 Å². The van der Waals surface area contributed by atoms with Gasteiger partial charge in [0.15, 0.2) is 5.82 Å². The average Bonchev–Trinajstić information content (AvgIpc) is 2.83. The Morgan fingerprint density at radius 3 is 2.63 bits per heavy atom. The first-order valence-corrected chi connectivity index (χ1v) is 6.15. The van der Waals surface area contributed by atoms with Gasteiger partial charge in [-0.3, -0.25) is 9.48 Å². The average molecular weight is 259 g/mol. The van der Waals surface area contributed by atoms with Crippen molar-refractivity contribution in [1.29, 1.82) is 0 Å². The number of nitrogens with zero attached hydrogens (tertiary/aromatic N) is 3.